The number of rotatable bonds is 6. The first-order valence-corrected chi connectivity index (χ1v) is 9.76. The molecule has 1 amide bonds. The molecule has 0 spiro atoms. The maximum atomic E-state index is 12.3. The predicted octanol–water partition coefficient (Wildman–Crippen LogP) is 1.20. The van der Waals surface area contributed by atoms with Gasteiger partial charge in [-0.25, -0.2) is 0 Å². The summed E-state index contributed by atoms with van der Waals surface area (Å²) in [5, 5.41) is 3.29. The Morgan fingerprint density at radius 1 is 1.15 bits per heavy atom. The molecule has 0 bridgehead atoms. The van der Waals surface area contributed by atoms with Gasteiger partial charge in [0, 0.05) is 71.4 Å². The molecule has 2 heterocycles. The largest absolute Gasteiger partial charge is 0.497 e. The van der Waals surface area contributed by atoms with Gasteiger partial charge in [0.1, 0.15) is 5.75 Å². The molecule has 1 atom stereocenters. The van der Waals surface area contributed by atoms with Gasteiger partial charge in [-0.2, -0.15) is 0 Å². The zero-order valence-electron chi connectivity index (χ0n) is 16.1. The van der Waals surface area contributed by atoms with Crippen LogP contribution in [0.5, 0.6) is 5.75 Å². The number of hydrogen-bond donors (Lipinski definition) is 1. The minimum atomic E-state index is 0.304. The Bertz CT molecular complexity index is 581. The Labute approximate surface area is 157 Å². The topological polar surface area (TPSA) is 48.1 Å². The smallest absolute Gasteiger partial charge is 0.223 e. The normalized spacial score (nSPS) is 20.8. The average Bonchev–Trinajstić information content (AvgIpc) is 2.72. The Morgan fingerprint density at radius 3 is 2.58 bits per heavy atom. The molecule has 144 valence electrons. The minimum Gasteiger partial charge on any atom is -0.497 e. The van der Waals surface area contributed by atoms with E-state index in [1.807, 2.05) is 11.0 Å². The van der Waals surface area contributed by atoms with Crippen LogP contribution in [0.4, 0.5) is 0 Å². The van der Waals surface area contributed by atoms with Crippen molar-refractivity contribution in [2.45, 2.75) is 19.4 Å². The summed E-state index contributed by atoms with van der Waals surface area (Å²) in [5.74, 6) is 1.22. The van der Waals surface area contributed by atoms with Crippen LogP contribution in [0, 0.1) is 0 Å². The van der Waals surface area contributed by atoms with Gasteiger partial charge in [-0.3, -0.25) is 9.69 Å². The first-order chi connectivity index (χ1) is 12.7. The van der Waals surface area contributed by atoms with E-state index in [2.05, 4.69) is 40.2 Å². The third-order valence-corrected chi connectivity index (χ3v) is 5.64. The monoisotopic (exact) mass is 360 g/mol. The molecule has 26 heavy (non-hydrogen) atoms. The quantitative estimate of drug-likeness (QED) is 0.826. The maximum Gasteiger partial charge on any atom is 0.223 e. The van der Waals surface area contributed by atoms with Gasteiger partial charge in [0.25, 0.3) is 0 Å². The Balaban J connectivity index is 1.42. The Morgan fingerprint density at radius 2 is 1.88 bits per heavy atom. The fourth-order valence-electron chi connectivity index (χ4n) is 3.81. The lowest BCUT2D eigenvalue weighted by atomic mass is 10.1. The van der Waals surface area contributed by atoms with Crippen molar-refractivity contribution in [3.05, 3.63) is 29.8 Å². The molecule has 0 saturated carbocycles. The second-order valence-electron chi connectivity index (χ2n) is 7.21. The van der Waals surface area contributed by atoms with E-state index in [1.165, 1.54) is 5.56 Å². The van der Waals surface area contributed by atoms with Crippen LogP contribution in [0.25, 0.3) is 0 Å². The van der Waals surface area contributed by atoms with Crippen molar-refractivity contribution in [3.63, 3.8) is 0 Å². The number of amides is 1. The zero-order valence-corrected chi connectivity index (χ0v) is 16.1. The molecule has 2 saturated heterocycles. The van der Waals surface area contributed by atoms with Crippen LogP contribution in [0.2, 0.25) is 0 Å². The third kappa shape index (κ3) is 4.96. The van der Waals surface area contributed by atoms with E-state index in [1.54, 1.807) is 7.11 Å². The molecule has 2 fully saturated rings. The van der Waals surface area contributed by atoms with Gasteiger partial charge in [0.15, 0.2) is 0 Å². The number of carbonyl (C=O) groups excluding carboxylic acids is 1. The highest BCUT2D eigenvalue weighted by Gasteiger charge is 2.23. The van der Waals surface area contributed by atoms with E-state index in [9.17, 15) is 4.79 Å². The summed E-state index contributed by atoms with van der Waals surface area (Å²) < 4.78 is 5.35. The maximum absolute atomic E-state index is 12.3. The third-order valence-electron chi connectivity index (χ3n) is 5.64. The summed E-state index contributed by atoms with van der Waals surface area (Å²) in [7, 11) is 1.71. The van der Waals surface area contributed by atoms with Crippen LogP contribution in [0.1, 0.15) is 24.9 Å². The second-order valence-corrected chi connectivity index (χ2v) is 7.21. The van der Waals surface area contributed by atoms with Crippen LogP contribution in [0.3, 0.4) is 0 Å². The average molecular weight is 361 g/mol. The molecule has 2 aliphatic heterocycles. The molecule has 0 aliphatic carbocycles. The number of nitrogens with zero attached hydrogens (tertiary/aromatic N) is 3. The first-order valence-electron chi connectivity index (χ1n) is 9.76. The van der Waals surface area contributed by atoms with E-state index in [0.717, 1.165) is 64.7 Å². The van der Waals surface area contributed by atoms with Crippen LogP contribution < -0.4 is 10.1 Å². The van der Waals surface area contributed by atoms with E-state index in [-0.39, 0.29) is 0 Å². The van der Waals surface area contributed by atoms with Crippen molar-refractivity contribution < 1.29 is 9.53 Å². The van der Waals surface area contributed by atoms with Crippen molar-refractivity contribution in [2.24, 2.45) is 0 Å². The molecule has 6 heteroatoms. The molecule has 1 unspecified atom stereocenters. The van der Waals surface area contributed by atoms with Crippen LogP contribution in [-0.2, 0) is 4.79 Å². The molecule has 6 nitrogen and oxygen atoms in total. The SMILES string of the molecule is COc1cccc(C(C)N2CCN(CCC(=O)N3CCNCC3)CC2)c1. The van der Waals surface area contributed by atoms with Gasteiger partial charge < -0.3 is 19.9 Å². The number of ether oxygens (including phenoxy) is 1. The lowest BCUT2D eigenvalue weighted by molar-refractivity contribution is -0.132. The number of methoxy groups -OCH3 is 1. The van der Waals surface area contributed by atoms with Crippen molar-refractivity contribution in [1.82, 2.24) is 20.0 Å². The molecule has 1 aromatic rings. The molecule has 0 aromatic heterocycles. The van der Waals surface area contributed by atoms with Gasteiger partial charge in [-0.05, 0) is 24.6 Å². The number of hydrogen-bond acceptors (Lipinski definition) is 5. The minimum absolute atomic E-state index is 0.304. The van der Waals surface area contributed by atoms with Gasteiger partial charge in [0.2, 0.25) is 5.91 Å². The lowest BCUT2D eigenvalue weighted by Crippen LogP contribution is -2.49. The highest BCUT2D eigenvalue weighted by atomic mass is 16.5. The lowest BCUT2D eigenvalue weighted by Gasteiger charge is -2.38. The zero-order chi connectivity index (χ0) is 18.4. The fourth-order valence-corrected chi connectivity index (χ4v) is 3.81. The van der Waals surface area contributed by atoms with Crippen molar-refractivity contribution >= 4 is 5.91 Å². The molecular formula is C20H32N4O2. The molecule has 1 N–H and O–H groups in total. The second kappa shape index (κ2) is 9.35. The van der Waals surface area contributed by atoms with E-state index in [4.69, 9.17) is 4.74 Å². The molecule has 1 aromatic carbocycles. The highest BCUT2D eigenvalue weighted by molar-refractivity contribution is 5.76. The number of piperazine rings is 2. The van der Waals surface area contributed by atoms with Gasteiger partial charge >= 0.3 is 0 Å². The highest BCUT2D eigenvalue weighted by Crippen LogP contribution is 2.24. The predicted molar refractivity (Wildman–Crippen MR) is 103 cm³/mol. The standard InChI is InChI=1S/C20H32N4O2/c1-17(18-4-3-5-19(16-18)26-2)23-14-12-22(13-15-23)9-6-20(25)24-10-7-21-8-11-24/h3-5,16-17,21H,6-15H2,1-2H3. The summed E-state index contributed by atoms with van der Waals surface area (Å²) in [5.41, 5.74) is 1.30. The first kappa shape index (κ1) is 19.1. The van der Waals surface area contributed by atoms with Crippen molar-refractivity contribution in [2.75, 3.05) is 66.0 Å². The summed E-state index contributed by atoms with van der Waals surface area (Å²) >= 11 is 0. The Kier molecular flexibility index (Phi) is 6.88. The van der Waals surface area contributed by atoms with Crippen LogP contribution in [-0.4, -0.2) is 86.6 Å². The molecule has 3 rings (SSSR count). The van der Waals surface area contributed by atoms with Gasteiger partial charge in [0.05, 0.1) is 7.11 Å². The van der Waals surface area contributed by atoms with Gasteiger partial charge in [-0.15, -0.1) is 0 Å². The molecule has 2 aliphatic rings. The number of nitrogens with one attached hydrogen (secondary N) is 1. The summed E-state index contributed by atoms with van der Waals surface area (Å²) in [6, 6.07) is 8.73. The van der Waals surface area contributed by atoms with E-state index in [0.29, 0.717) is 18.4 Å². The fraction of sp³-hybridized carbons (Fsp3) is 0.650. The van der Waals surface area contributed by atoms with Crippen molar-refractivity contribution in [3.8, 4) is 5.75 Å². The molecular weight excluding hydrogens is 328 g/mol. The summed E-state index contributed by atoms with van der Waals surface area (Å²) in [4.78, 5) is 19.2. The van der Waals surface area contributed by atoms with Crippen LogP contribution >= 0.6 is 0 Å². The number of benzene rings is 1. The number of carbonyl (C=O) groups is 1. The molecule has 0 radical (unpaired) electrons. The van der Waals surface area contributed by atoms with Crippen LogP contribution in [0.15, 0.2) is 24.3 Å². The summed E-state index contributed by atoms with van der Waals surface area (Å²) in [6.07, 6.45) is 0.644. The van der Waals surface area contributed by atoms with Gasteiger partial charge in [-0.1, -0.05) is 12.1 Å². The van der Waals surface area contributed by atoms with Crippen molar-refractivity contribution in [1.29, 1.82) is 0 Å². The Hall–Kier alpha value is -1.63. The summed E-state index contributed by atoms with van der Waals surface area (Å²) in [6.45, 7) is 10.8. The van der Waals surface area contributed by atoms with E-state index < -0.39 is 0 Å². The van der Waals surface area contributed by atoms with E-state index >= 15 is 0 Å².